The molecule has 9 heavy (non-hydrogen) atoms. The van der Waals surface area contributed by atoms with Crippen LogP contribution in [0.3, 0.4) is 0 Å². The molecule has 0 aliphatic carbocycles. The van der Waals surface area contributed by atoms with Crippen molar-refractivity contribution < 1.29 is 0 Å². The molecule has 0 aromatic carbocycles. The molecule has 0 aromatic rings. The quantitative estimate of drug-likeness (QED) is 0.537. The van der Waals surface area contributed by atoms with Gasteiger partial charge in [-0.2, -0.15) is 0 Å². The van der Waals surface area contributed by atoms with E-state index in [0.717, 1.165) is 24.7 Å². The second-order valence-corrected chi connectivity index (χ2v) is 2.34. The van der Waals surface area contributed by atoms with Crippen LogP contribution in [0.1, 0.15) is 19.8 Å². The molecule has 0 N–H and O–H groups in total. The minimum Gasteiger partial charge on any atom is -0.0588 e. The lowest BCUT2D eigenvalue weighted by molar-refractivity contribution is 0.870. The summed E-state index contributed by atoms with van der Waals surface area (Å²) in [4.78, 5) is 0. The molecule has 0 heterocycles. The van der Waals surface area contributed by atoms with E-state index in [2.05, 4.69) is 27.2 Å². The van der Waals surface area contributed by atoms with Crippen molar-refractivity contribution in [3.8, 4) is 0 Å². The Labute approximate surface area is 59.7 Å². The van der Waals surface area contributed by atoms with Crippen molar-refractivity contribution in [2.24, 2.45) is 0 Å². The summed E-state index contributed by atoms with van der Waals surface area (Å²) >= 11 is 0. The van der Waals surface area contributed by atoms with Gasteiger partial charge in [-0.15, -0.1) is 0 Å². The lowest BCUT2D eigenvalue weighted by atomic mass is 10.0. The van der Waals surface area contributed by atoms with Crippen molar-refractivity contribution in [1.82, 2.24) is 0 Å². The smallest absolute Gasteiger partial charge is 0.0238 e. The Morgan fingerprint density at radius 2 is 1.89 bits per heavy atom. The van der Waals surface area contributed by atoms with Gasteiger partial charge < -0.3 is 0 Å². The van der Waals surface area contributed by atoms with E-state index >= 15 is 0 Å². The van der Waals surface area contributed by atoms with Gasteiger partial charge in [0, 0.05) is 0 Å². The summed E-state index contributed by atoms with van der Waals surface area (Å²) in [5, 5.41) is 0. The predicted octanol–water partition coefficient (Wildman–Crippen LogP) is 2.64. The van der Waals surface area contributed by atoms with Crippen molar-refractivity contribution in [3.63, 3.8) is 0 Å². The molecule has 0 saturated carbocycles. The largest absolute Gasteiger partial charge is 0.0588 e. The Bertz CT molecular complexity index is 45.1. The molecule has 0 rings (SSSR count). The summed E-state index contributed by atoms with van der Waals surface area (Å²) in [6.45, 7) is 13.1. The molecule has 0 aliphatic rings. The van der Waals surface area contributed by atoms with Crippen LogP contribution in [0, 0.1) is 39.0 Å². The van der Waals surface area contributed by atoms with Crippen LogP contribution >= 0.6 is 0 Å². The second-order valence-electron chi connectivity index (χ2n) is 2.34. The van der Waals surface area contributed by atoms with Crippen molar-refractivity contribution in [2.75, 3.05) is 0 Å². The maximum atomic E-state index is 3.75. The molecule has 0 fully saturated rings. The number of hydrogen-bond acceptors (Lipinski definition) is 0. The van der Waals surface area contributed by atoms with E-state index < -0.39 is 0 Å². The average Bonchev–Trinajstić information content (AvgIpc) is 1.63. The fraction of sp³-hybridized carbons (Fsp3) is 0.333. The first-order chi connectivity index (χ1) is 4.13. The van der Waals surface area contributed by atoms with Crippen molar-refractivity contribution in [1.29, 1.82) is 0 Å². The third kappa shape index (κ3) is 8.00. The standard InChI is InChI=1S/C9H14/c1-8(2)6-5-7-9(3)4/h7H,1-3,5-6H2,4H3. The Kier molecular flexibility index (Phi) is 4.84. The van der Waals surface area contributed by atoms with E-state index in [1.54, 1.807) is 0 Å². The number of hydrogen-bond donors (Lipinski definition) is 0. The third-order valence-electron chi connectivity index (χ3n) is 0.991. The minimum absolute atomic E-state index is 0.979. The van der Waals surface area contributed by atoms with Crippen molar-refractivity contribution >= 4 is 0 Å². The molecule has 0 atom stereocenters. The molecule has 0 aliphatic heterocycles. The highest BCUT2D eigenvalue weighted by Crippen LogP contribution is 2.11. The lowest BCUT2D eigenvalue weighted by Gasteiger charge is -2.04. The molecule has 0 unspecified atom stereocenters. The topological polar surface area (TPSA) is 0 Å². The molecular weight excluding hydrogens is 108 g/mol. The molecule has 6 radical (unpaired) electrons. The highest BCUT2D eigenvalue weighted by atomic mass is 14.0. The lowest BCUT2D eigenvalue weighted by Crippen LogP contribution is -1.89. The zero-order chi connectivity index (χ0) is 7.28. The highest BCUT2D eigenvalue weighted by Gasteiger charge is 1.97. The van der Waals surface area contributed by atoms with Crippen molar-refractivity contribution in [2.45, 2.75) is 19.8 Å². The zero-order valence-electron chi connectivity index (χ0n) is 6.11. The minimum atomic E-state index is 0.979. The van der Waals surface area contributed by atoms with Crippen LogP contribution in [0.5, 0.6) is 0 Å². The number of rotatable bonds is 4. The molecule has 0 spiro atoms. The SMILES string of the molecule is [CH2][C](C)[CH]CC[C]([CH2])[CH2]. The first kappa shape index (κ1) is 9.00. The average molecular weight is 122 g/mol. The molecular formula is C9H14. The summed E-state index contributed by atoms with van der Waals surface area (Å²) < 4.78 is 0. The van der Waals surface area contributed by atoms with Crippen LogP contribution in [0.15, 0.2) is 0 Å². The van der Waals surface area contributed by atoms with Gasteiger partial charge in [0.25, 0.3) is 0 Å². The molecule has 50 valence electrons. The molecule has 0 bridgehead atoms. The fourth-order valence-electron chi connectivity index (χ4n) is 0.523. The highest BCUT2D eigenvalue weighted by molar-refractivity contribution is 5.05. The summed E-state index contributed by atoms with van der Waals surface area (Å²) in [5.74, 6) is 2.11. The van der Waals surface area contributed by atoms with Gasteiger partial charge in [0.15, 0.2) is 0 Å². The Balaban J connectivity index is 2.91. The first-order valence-electron chi connectivity index (χ1n) is 3.11. The van der Waals surface area contributed by atoms with E-state index in [-0.39, 0.29) is 0 Å². The second kappa shape index (κ2) is 4.84. The van der Waals surface area contributed by atoms with Gasteiger partial charge in [0.2, 0.25) is 0 Å². The molecule has 0 heteroatoms. The van der Waals surface area contributed by atoms with Gasteiger partial charge >= 0.3 is 0 Å². The summed E-state index contributed by atoms with van der Waals surface area (Å²) in [7, 11) is 0. The van der Waals surface area contributed by atoms with Crippen LogP contribution in [0.25, 0.3) is 0 Å². The Morgan fingerprint density at radius 3 is 2.22 bits per heavy atom. The Morgan fingerprint density at radius 1 is 1.33 bits per heavy atom. The molecule has 0 aromatic heterocycles. The van der Waals surface area contributed by atoms with Crippen LogP contribution < -0.4 is 0 Å². The normalized spacial score (nSPS) is 11.3. The molecule has 0 nitrogen and oxygen atoms in total. The molecule has 0 saturated heterocycles. The summed E-state index contributed by atoms with van der Waals surface area (Å²) in [5.41, 5.74) is 0. The maximum absolute atomic E-state index is 3.75. The van der Waals surface area contributed by atoms with E-state index in [1.165, 1.54) is 0 Å². The van der Waals surface area contributed by atoms with Crippen LogP contribution in [0.4, 0.5) is 0 Å². The van der Waals surface area contributed by atoms with Crippen LogP contribution in [0.2, 0.25) is 0 Å². The predicted molar refractivity (Wildman–Crippen MR) is 41.8 cm³/mol. The van der Waals surface area contributed by atoms with Crippen LogP contribution in [-0.4, -0.2) is 0 Å². The van der Waals surface area contributed by atoms with E-state index in [1.807, 2.05) is 6.92 Å². The van der Waals surface area contributed by atoms with E-state index in [4.69, 9.17) is 0 Å². The van der Waals surface area contributed by atoms with Gasteiger partial charge in [0.1, 0.15) is 0 Å². The van der Waals surface area contributed by atoms with Gasteiger partial charge in [-0.1, -0.05) is 6.92 Å². The van der Waals surface area contributed by atoms with Crippen LogP contribution in [-0.2, 0) is 0 Å². The molecule has 0 amide bonds. The van der Waals surface area contributed by atoms with E-state index in [0.29, 0.717) is 0 Å². The monoisotopic (exact) mass is 122 g/mol. The van der Waals surface area contributed by atoms with Gasteiger partial charge in [0.05, 0.1) is 0 Å². The third-order valence-corrected chi connectivity index (χ3v) is 0.991. The van der Waals surface area contributed by atoms with Gasteiger partial charge in [-0.05, 0) is 51.9 Å². The Hall–Kier alpha value is 0. The fourth-order valence-corrected chi connectivity index (χ4v) is 0.523. The maximum Gasteiger partial charge on any atom is -0.0238 e. The van der Waals surface area contributed by atoms with Crippen molar-refractivity contribution in [3.05, 3.63) is 39.0 Å². The first-order valence-corrected chi connectivity index (χ1v) is 3.11. The van der Waals surface area contributed by atoms with Gasteiger partial charge in [-0.3, -0.25) is 0 Å². The summed E-state index contributed by atoms with van der Waals surface area (Å²) in [6, 6.07) is 0. The van der Waals surface area contributed by atoms with E-state index in [9.17, 15) is 0 Å². The summed E-state index contributed by atoms with van der Waals surface area (Å²) in [6.07, 6.45) is 4.10. The van der Waals surface area contributed by atoms with Gasteiger partial charge in [-0.25, -0.2) is 0 Å². The zero-order valence-corrected chi connectivity index (χ0v) is 6.11.